The van der Waals surface area contributed by atoms with Gasteiger partial charge in [0.25, 0.3) is 0 Å². The maximum Gasteiger partial charge on any atom is 0.137 e. The highest BCUT2D eigenvalue weighted by Gasteiger charge is 2.19. The molecule has 0 unspecified atom stereocenters. The Kier molecular flexibility index (Phi) is 7.46. The molecule has 176 valence electrons. The summed E-state index contributed by atoms with van der Waals surface area (Å²) in [6, 6.07) is 10.9. The SMILES string of the molecule is C=C/C(=C\C(=C/C)c1ccc(C)c(C(=NC)c2cc3c(N4CCCCC4)nccc3[nH]2)c1)CC. The molecule has 0 saturated carbocycles. The predicted molar refractivity (Wildman–Crippen MR) is 147 cm³/mol. The number of hydrogen-bond donors (Lipinski definition) is 1. The van der Waals surface area contributed by atoms with Crippen LogP contribution in [0.5, 0.6) is 0 Å². The van der Waals surface area contributed by atoms with Gasteiger partial charge in [-0.15, -0.1) is 0 Å². The average Bonchev–Trinajstić information content (AvgIpc) is 3.31. The first-order valence-corrected chi connectivity index (χ1v) is 12.4. The van der Waals surface area contributed by atoms with Gasteiger partial charge in [0.15, 0.2) is 0 Å². The zero-order chi connectivity index (χ0) is 24.1. The van der Waals surface area contributed by atoms with Gasteiger partial charge in [-0.2, -0.15) is 0 Å². The molecular weight excluding hydrogens is 416 g/mol. The van der Waals surface area contributed by atoms with Crippen molar-refractivity contribution < 1.29 is 0 Å². The Labute approximate surface area is 203 Å². The molecule has 4 heteroatoms. The number of pyridine rings is 1. The van der Waals surface area contributed by atoms with Crippen molar-refractivity contribution in [2.24, 2.45) is 4.99 Å². The second-order valence-electron chi connectivity index (χ2n) is 8.95. The van der Waals surface area contributed by atoms with E-state index in [1.807, 2.05) is 19.3 Å². The zero-order valence-electron chi connectivity index (χ0n) is 21.0. The highest BCUT2D eigenvalue weighted by molar-refractivity contribution is 6.15. The summed E-state index contributed by atoms with van der Waals surface area (Å²) in [4.78, 5) is 15.6. The number of aromatic amines is 1. The van der Waals surface area contributed by atoms with Gasteiger partial charge in [-0.3, -0.25) is 4.99 Å². The van der Waals surface area contributed by atoms with Crippen molar-refractivity contribution in [3.63, 3.8) is 0 Å². The van der Waals surface area contributed by atoms with Gasteiger partial charge >= 0.3 is 0 Å². The van der Waals surface area contributed by atoms with Crippen LogP contribution in [0.2, 0.25) is 0 Å². The first kappa shape index (κ1) is 23.7. The van der Waals surface area contributed by atoms with Gasteiger partial charge in [0.1, 0.15) is 5.82 Å². The maximum absolute atomic E-state index is 4.76. The van der Waals surface area contributed by atoms with Crippen LogP contribution in [0, 0.1) is 6.92 Å². The third-order valence-corrected chi connectivity index (χ3v) is 6.81. The second kappa shape index (κ2) is 10.7. The number of hydrogen-bond acceptors (Lipinski definition) is 3. The summed E-state index contributed by atoms with van der Waals surface area (Å²) in [5.41, 5.74) is 9.07. The molecule has 1 aromatic carbocycles. The molecule has 0 bridgehead atoms. The fraction of sp³-hybridized carbons (Fsp3) is 0.333. The monoisotopic (exact) mass is 452 g/mol. The van der Waals surface area contributed by atoms with E-state index in [4.69, 9.17) is 9.98 Å². The lowest BCUT2D eigenvalue weighted by Gasteiger charge is -2.28. The van der Waals surface area contributed by atoms with Crippen molar-refractivity contribution in [3.8, 4) is 0 Å². The first-order chi connectivity index (χ1) is 16.6. The Hall–Kier alpha value is -3.40. The molecule has 34 heavy (non-hydrogen) atoms. The molecular formula is C30H36N4. The van der Waals surface area contributed by atoms with Crippen molar-refractivity contribution in [2.75, 3.05) is 25.0 Å². The number of anilines is 1. The van der Waals surface area contributed by atoms with Gasteiger partial charge in [0.2, 0.25) is 0 Å². The number of aliphatic imine (C=N–C) groups is 1. The van der Waals surface area contributed by atoms with Gasteiger partial charge in [0, 0.05) is 37.3 Å². The third-order valence-electron chi connectivity index (χ3n) is 6.81. The summed E-state index contributed by atoms with van der Waals surface area (Å²) in [6.07, 6.45) is 13.0. The third kappa shape index (κ3) is 4.77. The van der Waals surface area contributed by atoms with Crippen LogP contribution in [-0.2, 0) is 0 Å². The smallest absolute Gasteiger partial charge is 0.137 e. The number of aryl methyl sites for hydroxylation is 1. The van der Waals surface area contributed by atoms with Crippen LogP contribution in [-0.4, -0.2) is 35.8 Å². The summed E-state index contributed by atoms with van der Waals surface area (Å²) < 4.78 is 0. The number of rotatable bonds is 7. The van der Waals surface area contributed by atoms with Crippen molar-refractivity contribution in [1.82, 2.24) is 9.97 Å². The van der Waals surface area contributed by atoms with Crippen LogP contribution in [0.1, 0.15) is 61.9 Å². The number of aromatic nitrogens is 2. The molecule has 0 spiro atoms. The van der Waals surface area contributed by atoms with E-state index in [-0.39, 0.29) is 0 Å². The lowest BCUT2D eigenvalue weighted by Crippen LogP contribution is -2.30. The van der Waals surface area contributed by atoms with Crippen LogP contribution in [0.3, 0.4) is 0 Å². The van der Waals surface area contributed by atoms with Crippen molar-refractivity contribution >= 4 is 28.0 Å². The Bertz CT molecular complexity index is 1270. The number of nitrogens with zero attached hydrogens (tertiary/aromatic N) is 3. The Morgan fingerprint density at radius 2 is 1.97 bits per heavy atom. The molecule has 0 aliphatic carbocycles. The number of piperidine rings is 1. The summed E-state index contributed by atoms with van der Waals surface area (Å²) in [6.45, 7) is 12.5. The highest BCUT2D eigenvalue weighted by atomic mass is 15.2. The molecule has 0 radical (unpaired) electrons. The Balaban J connectivity index is 1.76. The van der Waals surface area contributed by atoms with Gasteiger partial charge < -0.3 is 9.88 Å². The topological polar surface area (TPSA) is 44.3 Å². The largest absolute Gasteiger partial charge is 0.356 e. The number of benzene rings is 1. The van der Waals surface area contributed by atoms with Gasteiger partial charge in [-0.25, -0.2) is 4.98 Å². The molecule has 0 atom stereocenters. The molecule has 1 aliphatic heterocycles. The molecule has 0 amide bonds. The minimum Gasteiger partial charge on any atom is -0.356 e. The minimum atomic E-state index is 0.962. The van der Waals surface area contributed by atoms with E-state index in [1.165, 1.54) is 46.9 Å². The van der Waals surface area contributed by atoms with Crippen LogP contribution >= 0.6 is 0 Å². The molecule has 1 saturated heterocycles. The number of fused-ring (bicyclic) bond motifs is 1. The van der Waals surface area contributed by atoms with E-state index in [9.17, 15) is 0 Å². The fourth-order valence-corrected chi connectivity index (χ4v) is 4.81. The number of nitrogens with one attached hydrogen (secondary N) is 1. The van der Waals surface area contributed by atoms with Crippen molar-refractivity contribution in [2.45, 2.75) is 46.5 Å². The van der Waals surface area contributed by atoms with E-state index >= 15 is 0 Å². The molecule has 4 nitrogen and oxygen atoms in total. The summed E-state index contributed by atoms with van der Waals surface area (Å²) in [5.74, 6) is 1.08. The minimum absolute atomic E-state index is 0.962. The van der Waals surface area contributed by atoms with Crippen molar-refractivity contribution in [1.29, 1.82) is 0 Å². The van der Waals surface area contributed by atoms with E-state index in [0.717, 1.165) is 47.8 Å². The average molecular weight is 453 g/mol. The van der Waals surface area contributed by atoms with Crippen LogP contribution in [0.15, 0.2) is 71.9 Å². The van der Waals surface area contributed by atoms with E-state index in [0.29, 0.717) is 0 Å². The second-order valence-corrected chi connectivity index (χ2v) is 8.95. The standard InChI is InChI=1S/C30H36N4/c1-6-22(7-2)18-23(8-3)24-13-12-21(4)25(19-24)29(31-5)28-20-26-27(33-28)14-15-32-30(26)34-16-10-9-11-17-34/h6,8,12-15,18-20,33H,1,7,9-11,16-17H2,2-5H3/b22-18+,23-8+,31-29?. The summed E-state index contributed by atoms with van der Waals surface area (Å²) in [5, 5.41) is 1.17. The first-order valence-electron chi connectivity index (χ1n) is 12.4. The normalized spacial score (nSPS) is 15.8. The quantitative estimate of drug-likeness (QED) is 0.303. The number of allylic oxidation sites excluding steroid dienone is 5. The molecule has 4 rings (SSSR count). The Morgan fingerprint density at radius 3 is 2.65 bits per heavy atom. The van der Waals surface area contributed by atoms with Crippen molar-refractivity contribution in [3.05, 3.63) is 89.3 Å². The molecule has 3 aromatic rings. The van der Waals surface area contributed by atoms with Crippen LogP contribution in [0.25, 0.3) is 16.5 Å². The van der Waals surface area contributed by atoms with Crippen LogP contribution < -0.4 is 4.90 Å². The van der Waals surface area contributed by atoms with E-state index in [2.05, 4.69) is 79.7 Å². The molecule has 1 fully saturated rings. The fourth-order valence-electron chi connectivity index (χ4n) is 4.81. The molecule has 1 aliphatic rings. The summed E-state index contributed by atoms with van der Waals surface area (Å²) in [7, 11) is 1.88. The van der Waals surface area contributed by atoms with E-state index in [1.54, 1.807) is 0 Å². The lowest BCUT2D eigenvalue weighted by atomic mass is 9.94. The van der Waals surface area contributed by atoms with Gasteiger partial charge in [-0.1, -0.05) is 43.9 Å². The Morgan fingerprint density at radius 1 is 1.18 bits per heavy atom. The van der Waals surface area contributed by atoms with E-state index < -0.39 is 0 Å². The van der Waals surface area contributed by atoms with Crippen LogP contribution in [0.4, 0.5) is 5.82 Å². The molecule has 3 heterocycles. The highest BCUT2D eigenvalue weighted by Crippen LogP contribution is 2.30. The predicted octanol–water partition coefficient (Wildman–Crippen LogP) is 7.25. The van der Waals surface area contributed by atoms with Gasteiger partial charge in [-0.05, 0) is 80.0 Å². The van der Waals surface area contributed by atoms with Gasteiger partial charge in [0.05, 0.1) is 16.9 Å². The molecule has 2 aromatic heterocycles. The number of H-pyrrole nitrogens is 1. The molecule has 1 N–H and O–H groups in total. The lowest BCUT2D eigenvalue weighted by molar-refractivity contribution is 0.575. The summed E-state index contributed by atoms with van der Waals surface area (Å²) >= 11 is 0. The zero-order valence-corrected chi connectivity index (χ0v) is 21.0. The maximum atomic E-state index is 4.76.